The van der Waals surface area contributed by atoms with Crippen LogP contribution in [0.4, 0.5) is 5.95 Å². The molecule has 0 N–H and O–H groups in total. The third-order valence-electron chi connectivity index (χ3n) is 5.49. The molecule has 0 saturated carbocycles. The van der Waals surface area contributed by atoms with Gasteiger partial charge in [-0.3, -0.25) is 9.88 Å². The number of hydrogen-bond acceptors (Lipinski definition) is 6. The van der Waals surface area contributed by atoms with Crippen molar-refractivity contribution in [2.75, 3.05) is 44.7 Å². The summed E-state index contributed by atoms with van der Waals surface area (Å²) in [6.07, 6.45) is 9.67. The van der Waals surface area contributed by atoms with Crippen molar-refractivity contribution in [3.63, 3.8) is 0 Å². The Labute approximate surface area is 149 Å². The van der Waals surface area contributed by atoms with Gasteiger partial charge in [0.15, 0.2) is 0 Å². The molecule has 132 valence electrons. The number of aromatic nitrogens is 3. The zero-order chi connectivity index (χ0) is 17.1. The predicted molar refractivity (Wildman–Crippen MR) is 98.6 cm³/mol. The highest BCUT2D eigenvalue weighted by molar-refractivity contribution is 5.35. The van der Waals surface area contributed by atoms with Crippen LogP contribution in [-0.2, 0) is 6.42 Å². The normalized spacial score (nSPS) is 25.4. The first-order chi connectivity index (χ1) is 12.3. The van der Waals surface area contributed by atoms with Crippen LogP contribution in [0.15, 0.2) is 43.0 Å². The maximum atomic E-state index is 4.52. The zero-order valence-electron chi connectivity index (χ0n) is 14.8. The number of piperazine rings is 1. The summed E-state index contributed by atoms with van der Waals surface area (Å²) >= 11 is 0. The van der Waals surface area contributed by atoms with Crippen molar-refractivity contribution >= 4 is 5.95 Å². The minimum atomic E-state index is 0.398. The first kappa shape index (κ1) is 16.4. The van der Waals surface area contributed by atoms with Gasteiger partial charge in [-0.1, -0.05) is 6.07 Å². The van der Waals surface area contributed by atoms with Gasteiger partial charge < -0.3 is 9.80 Å². The summed E-state index contributed by atoms with van der Waals surface area (Å²) < 4.78 is 0. The van der Waals surface area contributed by atoms with Gasteiger partial charge in [0, 0.05) is 63.6 Å². The van der Waals surface area contributed by atoms with Crippen LogP contribution in [-0.4, -0.2) is 76.6 Å². The molecule has 0 radical (unpaired) electrons. The van der Waals surface area contributed by atoms with Crippen LogP contribution < -0.4 is 4.90 Å². The fourth-order valence-corrected chi connectivity index (χ4v) is 4.11. The molecule has 2 atom stereocenters. The molecule has 2 aliphatic rings. The van der Waals surface area contributed by atoms with Crippen molar-refractivity contribution in [1.82, 2.24) is 24.8 Å². The maximum Gasteiger partial charge on any atom is 0.225 e. The van der Waals surface area contributed by atoms with Gasteiger partial charge in [-0.05, 0) is 37.6 Å². The van der Waals surface area contributed by atoms with Gasteiger partial charge in [-0.2, -0.15) is 0 Å². The molecule has 25 heavy (non-hydrogen) atoms. The van der Waals surface area contributed by atoms with Gasteiger partial charge in [0.2, 0.25) is 5.95 Å². The second-order valence-electron chi connectivity index (χ2n) is 7.07. The lowest BCUT2D eigenvalue weighted by atomic mass is 9.99. The van der Waals surface area contributed by atoms with Crippen molar-refractivity contribution in [3.05, 3.63) is 48.5 Å². The summed E-state index contributed by atoms with van der Waals surface area (Å²) in [5, 5.41) is 0. The van der Waals surface area contributed by atoms with Crippen LogP contribution in [0.25, 0.3) is 0 Å². The van der Waals surface area contributed by atoms with Crippen molar-refractivity contribution < 1.29 is 0 Å². The molecule has 4 rings (SSSR count). The van der Waals surface area contributed by atoms with Gasteiger partial charge >= 0.3 is 0 Å². The molecule has 2 aliphatic heterocycles. The van der Waals surface area contributed by atoms with Gasteiger partial charge in [0.1, 0.15) is 0 Å². The van der Waals surface area contributed by atoms with Crippen LogP contribution in [0.2, 0.25) is 0 Å². The molecule has 0 unspecified atom stereocenters. The Hall–Kier alpha value is -2.05. The summed E-state index contributed by atoms with van der Waals surface area (Å²) in [5.74, 6) is 0.855. The van der Waals surface area contributed by atoms with E-state index in [-0.39, 0.29) is 0 Å². The highest BCUT2D eigenvalue weighted by atomic mass is 15.4. The second-order valence-corrected chi connectivity index (χ2v) is 7.07. The van der Waals surface area contributed by atoms with Gasteiger partial charge in [0.25, 0.3) is 0 Å². The Bertz CT molecular complexity index is 656. The number of likely N-dealkylation sites (N-methyl/N-ethyl adjacent to an activating group) is 1. The topological polar surface area (TPSA) is 48.4 Å². The number of nitrogens with zero attached hydrogens (tertiary/aromatic N) is 6. The van der Waals surface area contributed by atoms with Crippen molar-refractivity contribution in [1.29, 1.82) is 0 Å². The van der Waals surface area contributed by atoms with E-state index in [2.05, 4.69) is 42.8 Å². The van der Waals surface area contributed by atoms with Crippen LogP contribution in [0.1, 0.15) is 12.0 Å². The Morgan fingerprint density at radius 3 is 2.52 bits per heavy atom. The standard InChI is InChI=1S/C19H26N6/c1-23-10-12-24(13-11-23)17-5-9-25(19-21-7-3-8-22-19)18(17)14-16-4-2-6-20-15-16/h2-4,6-8,15,17-18H,5,9-14H2,1H3/t17-,18+/m1/s1. The minimum Gasteiger partial charge on any atom is -0.336 e. The minimum absolute atomic E-state index is 0.398. The Balaban J connectivity index is 1.57. The highest BCUT2D eigenvalue weighted by Gasteiger charge is 2.39. The van der Waals surface area contributed by atoms with Crippen LogP contribution in [0.3, 0.4) is 0 Å². The summed E-state index contributed by atoms with van der Waals surface area (Å²) in [6, 6.07) is 7.04. The first-order valence-corrected chi connectivity index (χ1v) is 9.16. The largest absolute Gasteiger partial charge is 0.336 e. The fraction of sp³-hybridized carbons (Fsp3) is 0.526. The maximum absolute atomic E-state index is 4.52. The Kier molecular flexibility index (Phi) is 4.90. The number of pyridine rings is 1. The number of rotatable bonds is 4. The number of hydrogen-bond donors (Lipinski definition) is 0. The summed E-state index contributed by atoms with van der Waals surface area (Å²) in [6.45, 7) is 5.62. The summed E-state index contributed by atoms with van der Waals surface area (Å²) in [4.78, 5) is 20.8. The van der Waals surface area contributed by atoms with Gasteiger partial charge in [0.05, 0.1) is 6.04 Å². The Morgan fingerprint density at radius 1 is 1.00 bits per heavy atom. The van der Waals surface area contributed by atoms with Crippen LogP contribution >= 0.6 is 0 Å². The van der Waals surface area contributed by atoms with Crippen molar-refractivity contribution in [2.45, 2.75) is 24.9 Å². The molecule has 6 heteroatoms. The van der Waals surface area contributed by atoms with Crippen molar-refractivity contribution in [2.24, 2.45) is 0 Å². The molecule has 2 aromatic rings. The van der Waals surface area contributed by atoms with E-state index >= 15 is 0 Å². The SMILES string of the molecule is CN1CCN([C@@H]2CCN(c3ncccn3)[C@H]2Cc2cccnc2)CC1. The molecule has 0 spiro atoms. The van der Waals surface area contributed by atoms with Crippen molar-refractivity contribution in [3.8, 4) is 0 Å². The molecule has 2 saturated heterocycles. The molecule has 0 aromatic carbocycles. The number of anilines is 1. The van der Waals surface area contributed by atoms with E-state index < -0.39 is 0 Å². The zero-order valence-corrected chi connectivity index (χ0v) is 14.8. The van der Waals surface area contributed by atoms with Gasteiger partial charge in [-0.15, -0.1) is 0 Å². The first-order valence-electron chi connectivity index (χ1n) is 9.16. The van der Waals surface area contributed by atoms with Gasteiger partial charge in [-0.25, -0.2) is 9.97 Å². The van der Waals surface area contributed by atoms with E-state index in [0.717, 1.165) is 45.1 Å². The quantitative estimate of drug-likeness (QED) is 0.838. The van der Waals surface area contributed by atoms with E-state index in [0.29, 0.717) is 12.1 Å². The smallest absolute Gasteiger partial charge is 0.225 e. The molecule has 0 amide bonds. The van der Waals surface area contributed by atoms with E-state index in [9.17, 15) is 0 Å². The molecule has 0 bridgehead atoms. The molecular weight excluding hydrogens is 312 g/mol. The third-order valence-corrected chi connectivity index (χ3v) is 5.49. The monoisotopic (exact) mass is 338 g/mol. The molecule has 6 nitrogen and oxygen atoms in total. The molecule has 2 aromatic heterocycles. The highest BCUT2D eigenvalue weighted by Crippen LogP contribution is 2.29. The molecular formula is C19H26N6. The third kappa shape index (κ3) is 3.65. The Morgan fingerprint density at radius 2 is 1.80 bits per heavy atom. The van der Waals surface area contributed by atoms with E-state index in [1.807, 2.05) is 36.9 Å². The lowest BCUT2D eigenvalue weighted by Crippen LogP contribution is -2.53. The average Bonchev–Trinajstić information content (AvgIpc) is 3.07. The molecule has 4 heterocycles. The fourth-order valence-electron chi connectivity index (χ4n) is 4.11. The molecule has 2 fully saturated rings. The van der Waals surface area contributed by atoms with E-state index in [1.54, 1.807) is 0 Å². The summed E-state index contributed by atoms with van der Waals surface area (Å²) in [7, 11) is 2.21. The average molecular weight is 338 g/mol. The van der Waals surface area contributed by atoms with Crippen LogP contribution in [0, 0.1) is 0 Å². The summed E-state index contributed by atoms with van der Waals surface area (Å²) in [5.41, 5.74) is 1.29. The second kappa shape index (κ2) is 7.45. The lowest BCUT2D eigenvalue weighted by Gasteiger charge is -2.40. The van der Waals surface area contributed by atoms with E-state index in [4.69, 9.17) is 0 Å². The molecule has 0 aliphatic carbocycles. The lowest BCUT2D eigenvalue weighted by molar-refractivity contribution is 0.106. The van der Waals surface area contributed by atoms with E-state index in [1.165, 1.54) is 12.0 Å². The predicted octanol–water partition coefficient (Wildman–Crippen LogP) is 1.31. The van der Waals surface area contributed by atoms with Crippen LogP contribution in [0.5, 0.6) is 0 Å².